The molecule has 6 heteroatoms. The van der Waals surface area contributed by atoms with Crippen molar-refractivity contribution in [2.75, 3.05) is 13.1 Å². The minimum atomic E-state index is -3.48. The van der Waals surface area contributed by atoms with Crippen LogP contribution in [0.4, 0.5) is 0 Å². The van der Waals surface area contributed by atoms with Gasteiger partial charge in [0, 0.05) is 25.0 Å². The van der Waals surface area contributed by atoms with Crippen LogP contribution in [0.25, 0.3) is 0 Å². The van der Waals surface area contributed by atoms with Crippen LogP contribution in [-0.2, 0) is 27.7 Å². The third-order valence-corrected chi connectivity index (χ3v) is 8.05. The molecule has 1 saturated heterocycles. The first-order chi connectivity index (χ1) is 12.8. The molecule has 150 valence electrons. The van der Waals surface area contributed by atoms with Gasteiger partial charge in [0.2, 0.25) is 15.9 Å². The third-order valence-electron chi connectivity index (χ3n) is 6.15. The molecule has 1 unspecified atom stereocenters. The minimum absolute atomic E-state index is 0.0574. The highest BCUT2D eigenvalue weighted by Crippen LogP contribution is 2.28. The molecule has 0 spiro atoms. The summed E-state index contributed by atoms with van der Waals surface area (Å²) in [5, 5.41) is 3.06. The molecule has 1 atom stereocenters. The number of carbonyl (C=O) groups excluding carboxylic acids is 1. The Morgan fingerprint density at radius 1 is 1.07 bits per heavy atom. The van der Waals surface area contributed by atoms with Crippen LogP contribution in [0.1, 0.15) is 57.6 Å². The van der Waals surface area contributed by atoms with E-state index in [9.17, 15) is 13.2 Å². The van der Waals surface area contributed by atoms with Crippen molar-refractivity contribution in [2.24, 2.45) is 11.8 Å². The Labute approximate surface area is 163 Å². The van der Waals surface area contributed by atoms with Crippen LogP contribution in [0, 0.1) is 11.8 Å². The molecule has 1 heterocycles. The molecule has 0 radical (unpaired) electrons. The molecular weight excluding hydrogens is 360 g/mol. The maximum absolute atomic E-state index is 13.0. The predicted octanol–water partition coefficient (Wildman–Crippen LogP) is 3.13. The first kappa shape index (κ1) is 20.3. The summed E-state index contributed by atoms with van der Waals surface area (Å²) in [6, 6.07) is 5.74. The van der Waals surface area contributed by atoms with Crippen molar-refractivity contribution < 1.29 is 13.2 Å². The fourth-order valence-electron chi connectivity index (χ4n) is 3.89. The lowest BCUT2D eigenvalue weighted by atomic mass is 9.92. The third kappa shape index (κ3) is 4.54. The van der Waals surface area contributed by atoms with Gasteiger partial charge in [-0.05, 0) is 74.6 Å². The van der Waals surface area contributed by atoms with E-state index in [1.807, 2.05) is 19.1 Å². The van der Waals surface area contributed by atoms with E-state index in [0.29, 0.717) is 36.7 Å². The Bertz CT molecular complexity index is 781. The average molecular weight is 393 g/mol. The highest BCUT2D eigenvalue weighted by molar-refractivity contribution is 7.89. The topological polar surface area (TPSA) is 66.5 Å². The van der Waals surface area contributed by atoms with Gasteiger partial charge in [-0.15, -0.1) is 0 Å². The van der Waals surface area contributed by atoms with Gasteiger partial charge in [-0.1, -0.05) is 19.9 Å². The zero-order chi connectivity index (χ0) is 19.6. The second-order valence-corrected chi connectivity index (χ2v) is 10.3. The molecule has 3 rings (SSSR count). The zero-order valence-corrected chi connectivity index (χ0v) is 17.5. The van der Waals surface area contributed by atoms with Crippen molar-refractivity contribution in [3.8, 4) is 0 Å². The van der Waals surface area contributed by atoms with Gasteiger partial charge in [0.25, 0.3) is 0 Å². The number of nitrogens with one attached hydrogen (secondary N) is 1. The monoisotopic (exact) mass is 392 g/mol. The molecule has 1 amide bonds. The quantitative estimate of drug-likeness (QED) is 0.837. The predicted molar refractivity (Wildman–Crippen MR) is 107 cm³/mol. The number of aryl methyl sites for hydroxylation is 2. The molecule has 5 nitrogen and oxygen atoms in total. The van der Waals surface area contributed by atoms with Crippen molar-refractivity contribution in [3.05, 3.63) is 29.3 Å². The number of hydrogen-bond acceptors (Lipinski definition) is 3. The molecule has 27 heavy (non-hydrogen) atoms. The van der Waals surface area contributed by atoms with Crippen molar-refractivity contribution >= 4 is 15.9 Å². The molecule has 1 fully saturated rings. The van der Waals surface area contributed by atoms with E-state index in [4.69, 9.17) is 0 Å². The summed E-state index contributed by atoms with van der Waals surface area (Å²) in [6.45, 7) is 7.00. The van der Waals surface area contributed by atoms with E-state index < -0.39 is 10.0 Å². The maximum atomic E-state index is 13.0. The van der Waals surface area contributed by atoms with Crippen molar-refractivity contribution in [1.82, 2.24) is 9.62 Å². The van der Waals surface area contributed by atoms with Crippen LogP contribution in [-0.4, -0.2) is 37.8 Å². The molecule has 1 aromatic carbocycles. The van der Waals surface area contributed by atoms with E-state index in [1.165, 1.54) is 17.5 Å². The number of benzene rings is 1. The standard InChI is InChI=1S/C21H32N2O3S/c1-15(2)16(3)22-21(24)18-10-12-23(13-11-18)27(25,26)20-9-8-17-6-4-5-7-19(17)14-20/h8-9,14-16,18H,4-7,10-13H2,1-3H3,(H,22,24). The summed E-state index contributed by atoms with van der Waals surface area (Å²) in [6.07, 6.45) is 5.50. The van der Waals surface area contributed by atoms with E-state index in [0.717, 1.165) is 19.3 Å². The summed E-state index contributed by atoms with van der Waals surface area (Å²) < 4.78 is 27.6. The lowest BCUT2D eigenvalue weighted by Crippen LogP contribution is -2.45. The molecule has 1 aromatic rings. The average Bonchev–Trinajstić information content (AvgIpc) is 2.67. The van der Waals surface area contributed by atoms with Gasteiger partial charge in [-0.2, -0.15) is 4.31 Å². The van der Waals surface area contributed by atoms with Gasteiger partial charge in [-0.25, -0.2) is 8.42 Å². The number of nitrogens with zero attached hydrogens (tertiary/aromatic N) is 1. The molecule has 0 saturated carbocycles. The number of fused-ring (bicyclic) bond motifs is 1. The highest BCUT2D eigenvalue weighted by atomic mass is 32.2. The minimum Gasteiger partial charge on any atom is -0.353 e. The maximum Gasteiger partial charge on any atom is 0.243 e. The summed E-state index contributed by atoms with van der Waals surface area (Å²) in [5.74, 6) is 0.349. The SMILES string of the molecule is CC(C)C(C)NC(=O)C1CCN(S(=O)(=O)c2ccc3c(c2)CCCC3)CC1. The van der Waals surface area contributed by atoms with Crippen LogP contribution < -0.4 is 5.32 Å². The zero-order valence-electron chi connectivity index (χ0n) is 16.7. The van der Waals surface area contributed by atoms with Crippen molar-refractivity contribution in [1.29, 1.82) is 0 Å². The number of hydrogen-bond donors (Lipinski definition) is 1. The van der Waals surface area contributed by atoms with E-state index in [-0.39, 0.29) is 17.9 Å². The number of piperidine rings is 1. The Morgan fingerprint density at radius 2 is 1.70 bits per heavy atom. The van der Waals surface area contributed by atoms with Crippen LogP contribution in [0.2, 0.25) is 0 Å². The smallest absolute Gasteiger partial charge is 0.243 e. The van der Waals surface area contributed by atoms with Crippen LogP contribution in [0.5, 0.6) is 0 Å². The lowest BCUT2D eigenvalue weighted by Gasteiger charge is -2.31. The summed E-state index contributed by atoms with van der Waals surface area (Å²) in [7, 11) is -3.48. The van der Waals surface area contributed by atoms with Crippen molar-refractivity contribution in [2.45, 2.75) is 70.2 Å². The molecule has 0 bridgehead atoms. The number of amides is 1. The molecular formula is C21H32N2O3S. The Kier molecular flexibility index (Phi) is 6.26. The molecule has 1 aliphatic carbocycles. The lowest BCUT2D eigenvalue weighted by molar-refractivity contribution is -0.127. The van der Waals surface area contributed by atoms with Crippen LogP contribution in [0.3, 0.4) is 0 Å². The van der Waals surface area contributed by atoms with Gasteiger partial charge < -0.3 is 5.32 Å². The van der Waals surface area contributed by atoms with Gasteiger partial charge in [-0.3, -0.25) is 4.79 Å². The number of rotatable bonds is 5. The Hall–Kier alpha value is -1.40. The first-order valence-electron chi connectivity index (χ1n) is 10.2. The Morgan fingerprint density at radius 3 is 2.33 bits per heavy atom. The first-order valence-corrected chi connectivity index (χ1v) is 11.7. The molecule has 2 aliphatic rings. The van der Waals surface area contributed by atoms with Gasteiger partial charge >= 0.3 is 0 Å². The highest BCUT2D eigenvalue weighted by Gasteiger charge is 2.33. The molecule has 0 aromatic heterocycles. The molecule has 1 aliphatic heterocycles. The van der Waals surface area contributed by atoms with Gasteiger partial charge in [0.05, 0.1) is 4.90 Å². The Balaban J connectivity index is 1.64. The normalized spacial score (nSPS) is 20.3. The second-order valence-electron chi connectivity index (χ2n) is 8.36. The van der Waals surface area contributed by atoms with Crippen LogP contribution in [0.15, 0.2) is 23.1 Å². The summed E-state index contributed by atoms with van der Waals surface area (Å²) in [4.78, 5) is 12.8. The fraction of sp³-hybridized carbons (Fsp3) is 0.667. The van der Waals surface area contributed by atoms with Gasteiger partial charge in [0.1, 0.15) is 0 Å². The van der Waals surface area contributed by atoms with Crippen LogP contribution >= 0.6 is 0 Å². The van der Waals surface area contributed by atoms with E-state index in [2.05, 4.69) is 19.2 Å². The number of sulfonamides is 1. The van der Waals surface area contributed by atoms with Gasteiger partial charge in [0.15, 0.2) is 0 Å². The van der Waals surface area contributed by atoms with E-state index in [1.54, 1.807) is 10.4 Å². The summed E-state index contributed by atoms with van der Waals surface area (Å²) in [5.41, 5.74) is 2.47. The van der Waals surface area contributed by atoms with E-state index >= 15 is 0 Å². The largest absolute Gasteiger partial charge is 0.353 e. The summed E-state index contributed by atoms with van der Waals surface area (Å²) >= 11 is 0. The second kappa shape index (κ2) is 8.31. The fourth-order valence-corrected chi connectivity index (χ4v) is 5.41. The number of carbonyl (C=O) groups is 1. The molecule has 1 N–H and O–H groups in total. The van der Waals surface area contributed by atoms with Crippen molar-refractivity contribution in [3.63, 3.8) is 0 Å².